The maximum atomic E-state index is 11.6. The molecule has 0 unspecified atom stereocenters. The highest BCUT2D eigenvalue weighted by Gasteiger charge is 2.53. The zero-order chi connectivity index (χ0) is 16.7. The molecule has 2 N–H and O–H groups in total. The summed E-state index contributed by atoms with van der Waals surface area (Å²) in [7, 11) is 1.83. The predicted octanol–water partition coefficient (Wildman–Crippen LogP) is 2.16. The van der Waals surface area contributed by atoms with Crippen LogP contribution in [0.25, 0.3) is 0 Å². The van der Waals surface area contributed by atoms with Crippen LogP contribution < -0.4 is 5.73 Å². The second-order valence-electron chi connectivity index (χ2n) is 7.78. The van der Waals surface area contributed by atoms with Crippen LogP contribution in [0.5, 0.6) is 0 Å². The van der Waals surface area contributed by atoms with Gasteiger partial charge in [0.25, 0.3) is 5.91 Å². The Balaban J connectivity index is 1.67. The maximum absolute atomic E-state index is 11.6. The number of amides is 1. The Labute approximate surface area is 143 Å². The van der Waals surface area contributed by atoms with E-state index in [1.165, 1.54) is 38.6 Å². The number of hydrogen-bond donors (Lipinski definition) is 1. The van der Waals surface area contributed by atoms with E-state index in [0.29, 0.717) is 17.5 Å². The molecule has 0 spiro atoms. The van der Waals surface area contributed by atoms with Gasteiger partial charge in [-0.3, -0.25) is 9.78 Å². The van der Waals surface area contributed by atoms with Crippen molar-refractivity contribution in [2.75, 3.05) is 26.7 Å². The summed E-state index contributed by atoms with van der Waals surface area (Å²) in [6, 6.07) is 3.87. The summed E-state index contributed by atoms with van der Waals surface area (Å²) in [6.45, 7) is 3.43. The zero-order valence-electron chi connectivity index (χ0n) is 14.4. The molecule has 4 rings (SSSR count). The third-order valence-electron chi connectivity index (χ3n) is 6.29. The molecule has 1 aromatic rings. The largest absolute Gasteiger partial charge is 0.373 e. The molecule has 5 heteroatoms. The molecule has 24 heavy (non-hydrogen) atoms. The highest BCUT2D eigenvalue weighted by Crippen LogP contribution is 2.51. The summed E-state index contributed by atoms with van der Waals surface area (Å²) >= 11 is 0. The molecule has 3 atom stereocenters. The Bertz CT molecular complexity index is 615. The average Bonchev–Trinajstić information content (AvgIpc) is 3.38. The van der Waals surface area contributed by atoms with E-state index in [2.05, 4.69) is 9.88 Å². The van der Waals surface area contributed by atoms with E-state index in [1.807, 2.05) is 19.2 Å². The van der Waals surface area contributed by atoms with Gasteiger partial charge in [-0.2, -0.15) is 0 Å². The van der Waals surface area contributed by atoms with Crippen molar-refractivity contribution in [3.8, 4) is 0 Å². The van der Waals surface area contributed by atoms with Gasteiger partial charge in [-0.1, -0.05) is 6.42 Å². The summed E-state index contributed by atoms with van der Waals surface area (Å²) in [4.78, 5) is 18.3. The van der Waals surface area contributed by atoms with Crippen molar-refractivity contribution in [3.05, 3.63) is 29.6 Å². The number of piperidine rings is 1. The summed E-state index contributed by atoms with van der Waals surface area (Å²) < 4.78 is 6.23. The van der Waals surface area contributed by atoms with Gasteiger partial charge in [-0.05, 0) is 49.3 Å². The number of nitrogens with two attached hydrogens (primary N) is 1. The van der Waals surface area contributed by atoms with Crippen LogP contribution in [0.2, 0.25) is 0 Å². The smallest absolute Gasteiger partial charge is 0.267 e. The minimum Gasteiger partial charge on any atom is -0.373 e. The predicted molar refractivity (Wildman–Crippen MR) is 91.4 cm³/mol. The Morgan fingerprint density at radius 1 is 1.33 bits per heavy atom. The number of aromatic nitrogens is 1. The number of likely N-dealkylation sites (tertiary alicyclic amines) is 1. The molecule has 1 aromatic heterocycles. The van der Waals surface area contributed by atoms with Gasteiger partial charge in [-0.15, -0.1) is 0 Å². The van der Waals surface area contributed by atoms with Crippen molar-refractivity contribution in [2.45, 2.75) is 37.7 Å². The quantitative estimate of drug-likeness (QED) is 0.899. The molecule has 2 aliphatic carbocycles. The van der Waals surface area contributed by atoms with Gasteiger partial charge < -0.3 is 15.4 Å². The second kappa shape index (κ2) is 6.12. The number of methoxy groups -OCH3 is 1. The standard InChI is InChI=1S/C19H27N3O2/c1-24-19(14-7-8-21-17(9-14)18(20)23)15-3-2-4-16(19)12-22(11-15)10-13-5-6-13/h7-9,13,15-16H,2-6,10-12H2,1H3,(H2,20,23)/t15-,16+,19-. The van der Waals surface area contributed by atoms with Crippen LogP contribution in [0, 0.1) is 17.8 Å². The van der Waals surface area contributed by atoms with Gasteiger partial charge >= 0.3 is 0 Å². The number of rotatable bonds is 5. The van der Waals surface area contributed by atoms with Crippen LogP contribution in [-0.4, -0.2) is 42.5 Å². The normalized spacial score (nSPS) is 33.4. The number of ether oxygens (including phenoxy) is 1. The average molecular weight is 329 g/mol. The van der Waals surface area contributed by atoms with Crippen molar-refractivity contribution in [1.82, 2.24) is 9.88 Å². The SMILES string of the molecule is CO[C@]1(c2ccnc(C(N)=O)c2)[C@@H]2CCC[C@H]1CN(CC1CC1)C2. The van der Waals surface area contributed by atoms with Gasteiger partial charge in [0, 0.05) is 44.8 Å². The molecule has 130 valence electrons. The van der Waals surface area contributed by atoms with Crippen LogP contribution in [0.3, 0.4) is 0 Å². The molecule has 1 amide bonds. The number of carbonyl (C=O) groups is 1. The lowest BCUT2D eigenvalue weighted by molar-refractivity contribution is -0.169. The van der Waals surface area contributed by atoms with Crippen molar-refractivity contribution in [3.63, 3.8) is 0 Å². The Kier molecular flexibility index (Phi) is 4.09. The number of fused-ring (bicyclic) bond motifs is 2. The first kappa shape index (κ1) is 16.0. The van der Waals surface area contributed by atoms with Gasteiger partial charge in [-0.25, -0.2) is 0 Å². The number of hydrogen-bond acceptors (Lipinski definition) is 4. The number of carbonyl (C=O) groups excluding carboxylic acids is 1. The van der Waals surface area contributed by atoms with E-state index in [-0.39, 0.29) is 5.60 Å². The van der Waals surface area contributed by atoms with Crippen LogP contribution in [-0.2, 0) is 10.3 Å². The first-order chi connectivity index (χ1) is 11.6. The molecule has 0 aromatic carbocycles. The lowest BCUT2D eigenvalue weighted by Gasteiger charge is -2.55. The van der Waals surface area contributed by atoms with Crippen LogP contribution in [0.15, 0.2) is 18.3 Å². The fourth-order valence-corrected chi connectivity index (χ4v) is 5.07. The summed E-state index contributed by atoms with van der Waals surface area (Å²) in [5, 5.41) is 0. The van der Waals surface area contributed by atoms with E-state index in [9.17, 15) is 4.79 Å². The number of pyridine rings is 1. The summed E-state index contributed by atoms with van der Waals surface area (Å²) in [6.07, 6.45) is 8.12. The fourth-order valence-electron chi connectivity index (χ4n) is 5.07. The molecule has 1 aliphatic heterocycles. The van der Waals surface area contributed by atoms with E-state index >= 15 is 0 Å². The molecule has 1 saturated heterocycles. The summed E-state index contributed by atoms with van der Waals surface area (Å²) in [5.74, 6) is 1.39. The van der Waals surface area contributed by atoms with Gasteiger partial charge in [0.1, 0.15) is 11.3 Å². The Morgan fingerprint density at radius 3 is 2.62 bits per heavy atom. The Hall–Kier alpha value is -1.46. The lowest BCUT2D eigenvalue weighted by Crippen LogP contribution is -2.59. The first-order valence-corrected chi connectivity index (χ1v) is 9.17. The molecule has 2 bridgehead atoms. The molecule has 0 radical (unpaired) electrons. The van der Waals surface area contributed by atoms with Crippen LogP contribution in [0.1, 0.15) is 48.2 Å². The topological polar surface area (TPSA) is 68.5 Å². The molecule has 2 saturated carbocycles. The summed E-state index contributed by atoms with van der Waals surface area (Å²) in [5.41, 5.74) is 6.56. The minimum atomic E-state index is -0.473. The van der Waals surface area contributed by atoms with Gasteiger partial charge in [0.15, 0.2) is 0 Å². The molecule has 3 fully saturated rings. The highest BCUT2D eigenvalue weighted by atomic mass is 16.5. The van der Waals surface area contributed by atoms with Crippen molar-refractivity contribution < 1.29 is 9.53 Å². The van der Waals surface area contributed by atoms with Crippen LogP contribution >= 0.6 is 0 Å². The van der Waals surface area contributed by atoms with Gasteiger partial charge in [0.05, 0.1) is 0 Å². The monoisotopic (exact) mass is 329 g/mol. The molecular weight excluding hydrogens is 302 g/mol. The molecule has 2 heterocycles. The van der Waals surface area contributed by atoms with E-state index in [1.54, 1.807) is 6.20 Å². The molecule has 3 aliphatic rings. The Morgan fingerprint density at radius 2 is 2.04 bits per heavy atom. The number of primary amides is 1. The fraction of sp³-hybridized carbons (Fsp3) is 0.684. The van der Waals surface area contributed by atoms with Crippen molar-refractivity contribution in [2.24, 2.45) is 23.5 Å². The maximum Gasteiger partial charge on any atom is 0.267 e. The van der Waals surface area contributed by atoms with E-state index in [4.69, 9.17) is 10.5 Å². The molecule has 5 nitrogen and oxygen atoms in total. The first-order valence-electron chi connectivity index (χ1n) is 9.17. The second-order valence-corrected chi connectivity index (χ2v) is 7.78. The van der Waals surface area contributed by atoms with Crippen molar-refractivity contribution in [1.29, 1.82) is 0 Å². The zero-order valence-corrected chi connectivity index (χ0v) is 14.4. The lowest BCUT2D eigenvalue weighted by atomic mass is 9.62. The van der Waals surface area contributed by atoms with Gasteiger partial charge in [0.2, 0.25) is 0 Å². The third-order valence-corrected chi connectivity index (χ3v) is 6.29. The van der Waals surface area contributed by atoms with E-state index < -0.39 is 5.91 Å². The van der Waals surface area contributed by atoms with Crippen LogP contribution in [0.4, 0.5) is 0 Å². The third kappa shape index (κ3) is 2.64. The minimum absolute atomic E-state index is 0.300. The molecular formula is C19H27N3O2. The van der Waals surface area contributed by atoms with Crippen molar-refractivity contribution >= 4 is 5.91 Å². The number of nitrogens with zero attached hydrogens (tertiary/aromatic N) is 2. The highest BCUT2D eigenvalue weighted by molar-refractivity contribution is 5.90. The van der Waals surface area contributed by atoms with E-state index in [0.717, 1.165) is 24.6 Å².